The van der Waals surface area contributed by atoms with Crippen LogP contribution in [0, 0.1) is 17.2 Å². The lowest BCUT2D eigenvalue weighted by Crippen LogP contribution is -2.33. The maximum Gasteiger partial charge on any atom is 0.306 e. The van der Waals surface area contributed by atoms with Gasteiger partial charge in [0.1, 0.15) is 0 Å². The predicted molar refractivity (Wildman–Crippen MR) is 76.0 cm³/mol. The number of carbonyl (C=O) groups is 1. The molecular formula is C16H17NO5. The van der Waals surface area contributed by atoms with Crippen molar-refractivity contribution < 1.29 is 24.1 Å². The SMILES string of the molecule is COc1ccc([C@]2(C#N)CC[C@@H](C(=O)O)CC2)c2c1OCO2. The zero-order valence-electron chi connectivity index (χ0n) is 12.3. The average molecular weight is 303 g/mol. The smallest absolute Gasteiger partial charge is 0.306 e. The summed E-state index contributed by atoms with van der Waals surface area (Å²) in [5.41, 5.74) is 0.0443. The van der Waals surface area contributed by atoms with Crippen LogP contribution in [0.4, 0.5) is 0 Å². The highest BCUT2D eigenvalue weighted by Gasteiger charge is 2.43. The number of nitriles is 1. The fourth-order valence-corrected chi connectivity index (χ4v) is 3.31. The molecule has 1 aliphatic carbocycles. The molecule has 0 aromatic heterocycles. The Labute approximate surface area is 128 Å². The number of fused-ring (bicyclic) bond motifs is 1. The number of nitrogens with zero attached hydrogens (tertiary/aromatic N) is 1. The number of carboxylic acid groups (broad SMARTS) is 1. The lowest BCUT2D eigenvalue weighted by molar-refractivity contribution is -0.143. The van der Waals surface area contributed by atoms with Crippen LogP contribution in [-0.2, 0) is 10.2 Å². The minimum Gasteiger partial charge on any atom is -0.493 e. The first-order valence-corrected chi connectivity index (χ1v) is 7.22. The van der Waals surface area contributed by atoms with Crippen molar-refractivity contribution in [1.29, 1.82) is 5.26 Å². The first-order chi connectivity index (χ1) is 10.6. The molecule has 0 saturated heterocycles. The molecule has 0 amide bonds. The van der Waals surface area contributed by atoms with Gasteiger partial charge in [-0.05, 0) is 37.8 Å². The van der Waals surface area contributed by atoms with Gasteiger partial charge in [0.2, 0.25) is 12.5 Å². The van der Waals surface area contributed by atoms with Crippen molar-refractivity contribution in [3.63, 3.8) is 0 Å². The Morgan fingerprint density at radius 1 is 1.36 bits per heavy atom. The molecule has 1 aromatic carbocycles. The second kappa shape index (κ2) is 5.41. The maximum atomic E-state index is 11.1. The van der Waals surface area contributed by atoms with Crippen molar-refractivity contribution in [1.82, 2.24) is 0 Å². The molecule has 0 unspecified atom stereocenters. The minimum atomic E-state index is -0.786. The Bertz CT molecular complexity index is 641. The van der Waals surface area contributed by atoms with E-state index in [1.54, 1.807) is 13.2 Å². The monoisotopic (exact) mass is 303 g/mol. The molecule has 0 radical (unpaired) electrons. The second-order valence-electron chi connectivity index (χ2n) is 5.69. The number of methoxy groups -OCH3 is 1. The van der Waals surface area contributed by atoms with Gasteiger partial charge >= 0.3 is 5.97 Å². The summed E-state index contributed by atoms with van der Waals surface area (Å²) in [5, 5.41) is 18.9. The van der Waals surface area contributed by atoms with E-state index in [4.69, 9.17) is 19.3 Å². The van der Waals surface area contributed by atoms with Crippen LogP contribution in [0.5, 0.6) is 17.2 Å². The normalized spacial score (nSPS) is 26.3. The number of carboxylic acids is 1. The van der Waals surface area contributed by atoms with Crippen LogP contribution in [0.3, 0.4) is 0 Å². The molecule has 2 aliphatic rings. The van der Waals surface area contributed by atoms with Crippen LogP contribution in [0.1, 0.15) is 31.2 Å². The number of hydrogen-bond donors (Lipinski definition) is 1. The first-order valence-electron chi connectivity index (χ1n) is 7.22. The summed E-state index contributed by atoms with van der Waals surface area (Å²) >= 11 is 0. The van der Waals surface area contributed by atoms with Crippen LogP contribution < -0.4 is 14.2 Å². The van der Waals surface area contributed by atoms with E-state index in [0.29, 0.717) is 42.9 Å². The van der Waals surface area contributed by atoms with Crippen molar-refractivity contribution in [2.24, 2.45) is 5.92 Å². The van der Waals surface area contributed by atoms with E-state index < -0.39 is 11.4 Å². The number of benzene rings is 1. The molecule has 1 aliphatic heterocycles. The van der Waals surface area contributed by atoms with Gasteiger partial charge in [0, 0.05) is 5.56 Å². The van der Waals surface area contributed by atoms with Crippen molar-refractivity contribution in [3.05, 3.63) is 17.7 Å². The Kier molecular flexibility index (Phi) is 3.57. The van der Waals surface area contributed by atoms with E-state index in [9.17, 15) is 10.1 Å². The van der Waals surface area contributed by atoms with Crippen LogP contribution in [0.25, 0.3) is 0 Å². The average Bonchev–Trinajstić information content (AvgIpc) is 3.03. The fourth-order valence-electron chi connectivity index (χ4n) is 3.31. The molecule has 0 bridgehead atoms. The summed E-state index contributed by atoms with van der Waals surface area (Å²) in [6.45, 7) is 0.0992. The van der Waals surface area contributed by atoms with Gasteiger partial charge in [0.15, 0.2) is 11.5 Å². The number of hydrogen-bond acceptors (Lipinski definition) is 5. The molecule has 1 fully saturated rings. The Hall–Kier alpha value is -2.42. The molecule has 0 atom stereocenters. The molecule has 3 rings (SSSR count). The highest BCUT2D eigenvalue weighted by molar-refractivity contribution is 5.70. The molecule has 1 N–H and O–H groups in total. The van der Waals surface area contributed by atoms with Gasteiger partial charge < -0.3 is 19.3 Å². The van der Waals surface area contributed by atoms with E-state index in [1.807, 2.05) is 6.07 Å². The molecule has 22 heavy (non-hydrogen) atoms. The van der Waals surface area contributed by atoms with Crippen molar-refractivity contribution in [3.8, 4) is 23.3 Å². The number of aliphatic carboxylic acids is 1. The summed E-state index contributed by atoms with van der Waals surface area (Å²) < 4.78 is 16.3. The van der Waals surface area contributed by atoms with Gasteiger partial charge in [-0.2, -0.15) is 5.26 Å². The van der Waals surface area contributed by atoms with E-state index in [2.05, 4.69) is 6.07 Å². The quantitative estimate of drug-likeness (QED) is 0.922. The molecule has 6 nitrogen and oxygen atoms in total. The van der Waals surface area contributed by atoms with Crippen LogP contribution >= 0.6 is 0 Å². The Balaban J connectivity index is 1.98. The van der Waals surface area contributed by atoms with E-state index in [-0.39, 0.29) is 12.7 Å². The van der Waals surface area contributed by atoms with Crippen molar-refractivity contribution in [2.75, 3.05) is 13.9 Å². The molecule has 1 saturated carbocycles. The van der Waals surface area contributed by atoms with Gasteiger partial charge in [-0.15, -0.1) is 0 Å². The van der Waals surface area contributed by atoms with E-state index >= 15 is 0 Å². The third kappa shape index (κ3) is 2.13. The van der Waals surface area contributed by atoms with Gasteiger partial charge in [-0.3, -0.25) is 4.79 Å². The Morgan fingerprint density at radius 3 is 2.64 bits per heavy atom. The van der Waals surface area contributed by atoms with Gasteiger partial charge in [0.05, 0.1) is 24.5 Å². The first kappa shape index (κ1) is 14.5. The molecule has 1 heterocycles. The summed E-state index contributed by atoms with van der Waals surface area (Å²) in [6.07, 6.45) is 1.99. The molecular weight excluding hydrogens is 286 g/mol. The summed E-state index contributed by atoms with van der Waals surface area (Å²) in [4.78, 5) is 11.1. The molecule has 1 aromatic rings. The minimum absolute atomic E-state index is 0.0992. The summed E-state index contributed by atoms with van der Waals surface area (Å²) in [7, 11) is 1.55. The predicted octanol–water partition coefficient (Wildman–Crippen LogP) is 2.46. The third-order valence-corrected chi connectivity index (χ3v) is 4.62. The topological polar surface area (TPSA) is 88.8 Å². The van der Waals surface area contributed by atoms with Gasteiger partial charge in [0.25, 0.3) is 0 Å². The van der Waals surface area contributed by atoms with Crippen LogP contribution in [0.2, 0.25) is 0 Å². The van der Waals surface area contributed by atoms with Crippen LogP contribution in [-0.4, -0.2) is 25.0 Å². The standard InChI is InChI=1S/C16H17NO5/c1-20-12-3-2-11(13-14(12)22-9-21-13)16(8-17)6-4-10(5-7-16)15(18)19/h2-3,10H,4-7,9H2,1H3,(H,18,19)/t10-,16-. The van der Waals surface area contributed by atoms with Gasteiger partial charge in [-0.1, -0.05) is 0 Å². The number of rotatable bonds is 3. The zero-order valence-corrected chi connectivity index (χ0v) is 12.3. The lowest BCUT2D eigenvalue weighted by atomic mass is 9.67. The van der Waals surface area contributed by atoms with Crippen LogP contribution in [0.15, 0.2) is 12.1 Å². The van der Waals surface area contributed by atoms with Crippen molar-refractivity contribution >= 4 is 5.97 Å². The zero-order chi connectivity index (χ0) is 15.7. The highest BCUT2D eigenvalue weighted by atomic mass is 16.7. The third-order valence-electron chi connectivity index (χ3n) is 4.62. The molecule has 6 heteroatoms. The largest absolute Gasteiger partial charge is 0.493 e. The van der Waals surface area contributed by atoms with Gasteiger partial charge in [-0.25, -0.2) is 0 Å². The van der Waals surface area contributed by atoms with E-state index in [1.165, 1.54) is 0 Å². The molecule has 0 spiro atoms. The Morgan fingerprint density at radius 2 is 2.05 bits per heavy atom. The maximum absolute atomic E-state index is 11.1. The lowest BCUT2D eigenvalue weighted by Gasteiger charge is -2.34. The second-order valence-corrected chi connectivity index (χ2v) is 5.69. The van der Waals surface area contributed by atoms with Crippen molar-refractivity contribution in [2.45, 2.75) is 31.1 Å². The summed E-state index contributed by atoms with van der Waals surface area (Å²) in [6, 6.07) is 5.99. The number of ether oxygens (including phenoxy) is 3. The molecule has 116 valence electrons. The van der Waals surface area contributed by atoms with E-state index in [0.717, 1.165) is 5.56 Å². The summed E-state index contributed by atoms with van der Waals surface area (Å²) in [5.74, 6) is 0.490. The highest BCUT2D eigenvalue weighted by Crippen LogP contribution is 2.51. The fraction of sp³-hybridized carbons (Fsp3) is 0.500.